The molecule has 1 aromatic carbocycles. The zero-order valence-corrected chi connectivity index (χ0v) is 19.8. The van der Waals surface area contributed by atoms with Crippen LogP contribution in [0.1, 0.15) is 12.0 Å². The Labute approximate surface area is 199 Å². The summed E-state index contributed by atoms with van der Waals surface area (Å²) >= 11 is 0.653. The van der Waals surface area contributed by atoms with Gasteiger partial charge in [0.05, 0.1) is 30.9 Å². The molecular formula is C20H22FN5O6S2. The van der Waals surface area contributed by atoms with Crippen LogP contribution in [0.2, 0.25) is 0 Å². The summed E-state index contributed by atoms with van der Waals surface area (Å²) in [7, 11) is -2.29. The summed E-state index contributed by atoms with van der Waals surface area (Å²) in [5.41, 5.74) is 0.142. The molecule has 1 atom stereocenters. The van der Waals surface area contributed by atoms with Crippen LogP contribution in [0.3, 0.4) is 0 Å². The number of nitrogens with zero attached hydrogens (tertiary/aromatic N) is 4. The average molecular weight is 512 g/mol. The van der Waals surface area contributed by atoms with Gasteiger partial charge in [-0.05, 0) is 12.1 Å². The van der Waals surface area contributed by atoms with Gasteiger partial charge in [0.2, 0.25) is 15.9 Å². The van der Waals surface area contributed by atoms with Gasteiger partial charge in [0.1, 0.15) is 0 Å². The first-order chi connectivity index (χ1) is 16.2. The molecule has 2 aliphatic rings. The number of anilines is 1. The van der Waals surface area contributed by atoms with Crippen molar-refractivity contribution >= 4 is 44.0 Å². The molecular weight excluding hydrogens is 489 g/mol. The van der Waals surface area contributed by atoms with Gasteiger partial charge in [0.15, 0.2) is 22.1 Å². The SMILES string of the molecule is CN1CCN(S(=O)(=O)c2ccc(/C(=N\O[C@@H]3CCOC3)C(=O)Nc3ncc(F)s3)cc2)CC1=O. The number of rotatable bonds is 7. The number of thiazole rings is 1. The standard InChI is InChI=1S/C20H22FN5O6S2/c1-25-7-8-26(11-17(25)27)34(29,30)15-4-2-13(3-5-15)18(24-32-14-6-9-31-12-14)19(28)23-20-22-10-16(21)33-20/h2-5,10,14H,6-9,11-12H2,1H3,(H,22,23,28)/b24-18+/t14-/m1/s1. The largest absolute Gasteiger partial charge is 0.389 e. The third kappa shape index (κ3) is 5.41. The number of sulfonamides is 1. The maximum Gasteiger partial charge on any atom is 0.280 e. The maximum atomic E-state index is 13.3. The van der Waals surface area contributed by atoms with Crippen molar-refractivity contribution in [3.63, 3.8) is 0 Å². The van der Waals surface area contributed by atoms with Gasteiger partial charge < -0.3 is 14.5 Å². The number of nitrogens with one attached hydrogen (secondary N) is 1. The van der Waals surface area contributed by atoms with Crippen LogP contribution < -0.4 is 5.32 Å². The highest BCUT2D eigenvalue weighted by Gasteiger charge is 2.31. The second-order valence-electron chi connectivity index (χ2n) is 7.63. The molecule has 1 N–H and O–H groups in total. The summed E-state index contributed by atoms with van der Waals surface area (Å²) in [6, 6.07) is 5.50. The van der Waals surface area contributed by atoms with Crippen molar-refractivity contribution in [2.75, 3.05) is 45.2 Å². The number of halogens is 1. The molecule has 2 amide bonds. The van der Waals surface area contributed by atoms with Crippen LogP contribution in [0.25, 0.3) is 0 Å². The van der Waals surface area contributed by atoms with Gasteiger partial charge in [0, 0.05) is 32.1 Å². The zero-order chi connectivity index (χ0) is 24.3. The molecule has 2 fully saturated rings. The fourth-order valence-corrected chi connectivity index (χ4v) is 5.21. The van der Waals surface area contributed by atoms with Crippen LogP contribution >= 0.6 is 11.3 Å². The van der Waals surface area contributed by atoms with Crippen LogP contribution in [0, 0.1) is 5.13 Å². The second kappa shape index (κ2) is 10.1. The number of aromatic nitrogens is 1. The van der Waals surface area contributed by atoms with E-state index in [-0.39, 0.29) is 46.4 Å². The first-order valence-corrected chi connectivity index (χ1v) is 12.6. The Hall–Kier alpha value is -2.94. The lowest BCUT2D eigenvalue weighted by Gasteiger charge is -2.31. The van der Waals surface area contributed by atoms with Gasteiger partial charge in [-0.2, -0.15) is 8.70 Å². The second-order valence-corrected chi connectivity index (χ2v) is 10.6. The van der Waals surface area contributed by atoms with Gasteiger partial charge in [-0.3, -0.25) is 14.9 Å². The topological polar surface area (TPSA) is 131 Å². The van der Waals surface area contributed by atoms with Crippen molar-refractivity contribution in [3.05, 3.63) is 41.2 Å². The van der Waals surface area contributed by atoms with E-state index < -0.39 is 21.1 Å². The molecule has 0 bridgehead atoms. The fourth-order valence-electron chi connectivity index (χ4n) is 3.29. The lowest BCUT2D eigenvalue weighted by Crippen LogP contribution is -2.50. The summed E-state index contributed by atoms with van der Waals surface area (Å²) < 4.78 is 45.5. The van der Waals surface area contributed by atoms with Gasteiger partial charge >= 0.3 is 0 Å². The Bertz CT molecular complexity index is 1190. The zero-order valence-electron chi connectivity index (χ0n) is 18.1. The molecule has 0 spiro atoms. The van der Waals surface area contributed by atoms with Crippen molar-refractivity contribution in [2.24, 2.45) is 5.16 Å². The van der Waals surface area contributed by atoms with E-state index in [1.165, 1.54) is 29.2 Å². The van der Waals surface area contributed by atoms with Crippen molar-refractivity contribution < 1.29 is 32.0 Å². The first-order valence-electron chi connectivity index (χ1n) is 10.3. The minimum atomic E-state index is -3.90. The van der Waals surface area contributed by atoms with E-state index >= 15 is 0 Å². The molecule has 3 heterocycles. The third-order valence-electron chi connectivity index (χ3n) is 5.28. The van der Waals surface area contributed by atoms with E-state index in [2.05, 4.69) is 15.5 Å². The number of likely N-dealkylation sites (N-methyl/N-ethyl adjacent to an activating group) is 1. The van der Waals surface area contributed by atoms with Crippen LogP contribution in [-0.2, 0) is 29.2 Å². The number of ether oxygens (including phenoxy) is 1. The fraction of sp³-hybridized carbons (Fsp3) is 0.400. The van der Waals surface area contributed by atoms with Gasteiger partial charge in [-0.15, -0.1) is 0 Å². The summed E-state index contributed by atoms with van der Waals surface area (Å²) in [4.78, 5) is 35.4. The van der Waals surface area contributed by atoms with Crippen LogP contribution in [-0.4, -0.2) is 86.1 Å². The average Bonchev–Trinajstić information content (AvgIpc) is 3.48. The molecule has 2 saturated heterocycles. The number of hydrogen-bond acceptors (Lipinski definition) is 9. The highest BCUT2D eigenvalue weighted by molar-refractivity contribution is 7.89. The lowest BCUT2D eigenvalue weighted by molar-refractivity contribution is -0.132. The number of hydrogen-bond donors (Lipinski definition) is 1. The smallest absolute Gasteiger partial charge is 0.280 e. The molecule has 0 radical (unpaired) electrons. The molecule has 11 nitrogen and oxygen atoms in total. The number of benzene rings is 1. The monoisotopic (exact) mass is 511 g/mol. The Kier molecular flexibility index (Phi) is 7.21. The highest BCUT2D eigenvalue weighted by Crippen LogP contribution is 2.20. The highest BCUT2D eigenvalue weighted by atomic mass is 32.2. The predicted molar refractivity (Wildman–Crippen MR) is 120 cm³/mol. The van der Waals surface area contributed by atoms with E-state index in [0.717, 1.165) is 10.5 Å². The number of carbonyl (C=O) groups is 2. The molecule has 0 unspecified atom stereocenters. The Morgan fingerprint density at radius 1 is 1.32 bits per heavy atom. The van der Waals surface area contributed by atoms with E-state index in [1.807, 2.05) is 0 Å². The normalized spacial score (nSPS) is 19.9. The Balaban J connectivity index is 1.56. The number of carbonyl (C=O) groups excluding carboxylic acids is 2. The molecule has 2 aromatic rings. The Morgan fingerprint density at radius 2 is 2.09 bits per heavy atom. The summed E-state index contributed by atoms with van der Waals surface area (Å²) in [6.07, 6.45) is 1.26. The van der Waals surface area contributed by atoms with E-state index in [1.54, 1.807) is 7.05 Å². The quantitative estimate of drug-likeness (QED) is 0.432. The molecule has 4 rings (SSSR count). The van der Waals surface area contributed by atoms with Crippen molar-refractivity contribution in [3.8, 4) is 0 Å². The minimum Gasteiger partial charge on any atom is -0.389 e. The number of piperazine rings is 1. The molecule has 1 aromatic heterocycles. The molecule has 0 aliphatic carbocycles. The van der Waals surface area contributed by atoms with Crippen molar-refractivity contribution in [2.45, 2.75) is 17.4 Å². The number of amides is 2. The first kappa shape index (κ1) is 24.2. The maximum absolute atomic E-state index is 13.3. The van der Waals surface area contributed by atoms with Gasteiger partial charge in [0.25, 0.3) is 5.91 Å². The Morgan fingerprint density at radius 3 is 2.71 bits per heavy atom. The molecule has 0 saturated carbocycles. The van der Waals surface area contributed by atoms with Crippen molar-refractivity contribution in [1.29, 1.82) is 0 Å². The molecule has 2 aliphatic heterocycles. The summed E-state index contributed by atoms with van der Waals surface area (Å²) in [5.74, 6) is -0.988. The van der Waals surface area contributed by atoms with Gasteiger partial charge in [-0.25, -0.2) is 13.4 Å². The molecule has 14 heteroatoms. The lowest BCUT2D eigenvalue weighted by atomic mass is 10.1. The van der Waals surface area contributed by atoms with Crippen LogP contribution in [0.15, 0.2) is 40.5 Å². The molecule has 34 heavy (non-hydrogen) atoms. The van der Waals surface area contributed by atoms with Crippen molar-refractivity contribution in [1.82, 2.24) is 14.2 Å². The molecule has 182 valence electrons. The third-order valence-corrected chi connectivity index (χ3v) is 7.84. The van der Waals surface area contributed by atoms with Gasteiger partial charge in [-0.1, -0.05) is 28.6 Å². The predicted octanol–water partition coefficient (Wildman–Crippen LogP) is 0.893. The summed E-state index contributed by atoms with van der Waals surface area (Å²) in [5, 5.41) is 5.91. The number of oxime groups is 1. The van der Waals surface area contributed by atoms with E-state index in [9.17, 15) is 22.4 Å². The van der Waals surface area contributed by atoms with E-state index in [4.69, 9.17) is 9.57 Å². The van der Waals surface area contributed by atoms with Crippen LogP contribution in [0.5, 0.6) is 0 Å². The van der Waals surface area contributed by atoms with E-state index in [0.29, 0.717) is 37.5 Å². The summed E-state index contributed by atoms with van der Waals surface area (Å²) in [6.45, 7) is 1.09. The minimum absolute atomic E-state index is 0.0273. The van der Waals surface area contributed by atoms with Crippen LogP contribution in [0.4, 0.5) is 9.52 Å².